The normalized spacial score (nSPS) is 10.8. The van der Waals surface area contributed by atoms with Gasteiger partial charge in [-0.05, 0) is 44.7 Å². The Bertz CT molecular complexity index is 785. The summed E-state index contributed by atoms with van der Waals surface area (Å²) in [7, 11) is 3.11. The molecule has 1 N–H and O–H groups in total. The molecule has 2 aromatic rings. The smallest absolute Gasteiger partial charge is 0.341 e. The lowest BCUT2D eigenvalue weighted by molar-refractivity contribution is -0.117. The lowest BCUT2D eigenvalue weighted by Crippen LogP contribution is -2.29. The Hall–Kier alpha value is -2.31. The van der Waals surface area contributed by atoms with E-state index in [0.717, 1.165) is 5.56 Å². The van der Waals surface area contributed by atoms with Crippen LogP contribution in [0.5, 0.6) is 0 Å². The molecule has 2 rings (SSSR count). The van der Waals surface area contributed by atoms with Crippen LogP contribution in [0.1, 0.15) is 27.4 Å². The van der Waals surface area contributed by atoms with Crippen molar-refractivity contribution in [3.8, 4) is 0 Å². The third-order valence-corrected chi connectivity index (χ3v) is 4.08. The molecule has 6 nitrogen and oxygen atoms in total. The van der Waals surface area contributed by atoms with Crippen molar-refractivity contribution in [3.05, 3.63) is 51.9 Å². The average Bonchev–Trinajstić information content (AvgIpc) is 2.90. The highest BCUT2D eigenvalue weighted by Crippen LogP contribution is 2.20. The number of rotatable bonds is 6. The van der Waals surface area contributed by atoms with E-state index in [2.05, 4.69) is 5.32 Å². The SMILES string of the molecule is COC(=O)c1cc(CN(C)CC(=O)Nc2ccc(C)c(Cl)c2)oc1C. The highest BCUT2D eigenvalue weighted by molar-refractivity contribution is 6.31. The van der Waals surface area contributed by atoms with Crippen LogP contribution in [-0.2, 0) is 16.1 Å². The minimum Gasteiger partial charge on any atom is -0.465 e. The second-order valence-electron chi connectivity index (χ2n) is 5.86. The minimum atomic E-state index is -0.441. The summed E-state index contributed by atoms with van der Waals surface area (Å²) in [4.78, 5) is 25.5. The second kappa shape index (κ2) is 8.18. The van der Waals surface area contributed by atoms with Gasteiger partial charge in [0.15, 0.2) is 0 Å². The molecule has 0 atom stereocenters. The van der Waals surface area contributed by atoms with Crippen LogP contribution in [0.4, 0.5) is 5.69 Å². The molecule has 0 saturated heterocycles. The van der Waals surface area contributed by atoms with Gasteiger partial charge < -0.3 is 14.5 Å². The fourth-order valence-corrected chi connectivity index (χ4v) is 2.55. The lowest BCUT2D eigenvalue weighted by atomic mass is 10.2. The maximum Gasteiger partial charge on any atom is 0.341 e. The van der Waals surface area contributed by atoms with Crippen molar-refractivity contribution in [2.45, 2.75) is 20.4 Å². The number of nitrogens with one attached hydrogen (secondary N) is 1. The number of hydrogen-bond donors (Lipinski definition) is 1. The van der Waals surface area contributed by atoms with E-state index >= 15 is 0 Å². The number of ether oxygens (including phenoxy) is 1. The van der Waals surface area contributed by atoms with Crippen molar-refractivity contribution < 1.29 is 18.7 Å². The molecule has 0 aliphatic heterocycles. The summed E-state index contributed by atoms with van der Waals surface area (Å²) in [6.07, 6.45) is 0. The van der Waals surface area contributed by atoms with E-state index in [4.69, 9.17) is 20.8 Å². The Labute approximate surface area is 151 Å². The van der Waals surface area contributed by atoms with Crippen LogP contribution in [0.15, 0.2) is 28.7 Å². The van der Waals surface area contributed by atoms with Gasteiger partial charge in [-0.2, -0.15) is 0 Å². The summed E-state index contributed by atoms with van der Waals surface area (Å²) < 4.78 is 10.2. The largest absolute Gasteiger partial charge is 0.465 e. The number of benzene rings is 1. The van der Waals surface area contributed by atoms with E-state index < -0.39 is 5.97 Å². The number of likely N-dealkylation sites (N-methyl/N-ethyl adjacent to an activating group) is 1. The second-order valence-corrected chi connectivity index (χ2v) is 6.27. The molecule has 0 saturated carbocycles. The molecule has 1 amide bonds. The predicted octanol–water partition coefficient (Wildman–Crippen LogP) is 3.41. The van der Waals surface area contributed by atoms with Gasteiger partial charge in [-0.3, -0.25) is 9.69 Å². The molecule has 134 valence electrons. The number of halogens is 1. The molecule has 0 aliphatic rings. The van der Waals surface area contributed by atoms with Crippen LogP contribution in [0.25, 0.3) is 0 Å². The first-order valence-corrected chi connectivity index (χ1v) is 8.10. The fraction of sp³-hybridized carbons (Fsp3) is 0.333. The van der Waals surface area contributed by atoms with E-state index in [1.807, 2.05) is 13.0 Å². The summed E-state index contributed by atoms with van der Waals surface area (Å²) in [6, 6.07) is 7.00. The Morgan fingerprint density at radius 1 is 1.28 bits per heavy atom. The number of methoxy groups -OCH3 is 1. The number of hydrogen-bond acceptors (Lipinski definition) is 5. The highest BCUT2D eigenvalue weighted by atomic mass is 35.5. The Kier molecular flexibility index (Phi) is 6.22. The van der Waals surface area contributed by atoms with Gasteiger partial charge in [0.05, 0.1) is 20.2 Å². The van der Waals surface area contributed by atoms with E-state index in [-0.39, 0.29) is 12.5 Å². The highest BCUT2D eigenvalue weighted by Gasteiger charge is 2.17. The average molecular weight is 365 g/mol. The van der Waals surface area contributed by atoms with Gasteiger partial charge >= 0.3 is 5.97 Å². The maximum absolute atomic E-state index is 12.1. The van der Waals surface area contributed by atoms with Gasteiger partial charge in [-0.15, -0.1) is 0 Å². The molecular formula is C18H21ClN2O4. The molecule has 1 aromatic carbocycles. The van der Waals surface area contributed by atoms with E-state index in [1.54, 1.807) is 37.1 Å². The Balaban J connectivity index is 1.93. The molecule has 0 bridgehead atoms. The third kappa shape index (κ3) is 5.08. The molecule has 0 unspecified atom stereocenters. The predicted molar refractivity (Wildman–Crippen MR) is 95.9 cm³/mol. The van der Waals surface area contributed by atoms with Crippen LogP contribution < -0.4 is 5.32 Å². The first kappa shape index (κ1) is 19.0. The van der Waals surface area contributed by atoms with Gasteiger partial charge in [-0.25, -0.2) is 4.79 Å². The van der Waals surface area contributed by atoms with Crippen molar-refractivity contribution in [2.75, 3.05) is 26.0 Å². The van der Waals surface area contributed by atoms with Gasteiger partial charge in [0.2, 0.25) is 5.91 Å². The van der Waals surface area contributed by atoms with E-state index in [1.165, 1.54) is 7.11 Å². The topological polar surface area (TPSA) is 71.8 Å². The maximum atomic E-state index is 12.1. The minimum absolute atomic E-state index is 0.165. The molecule has 1 heterocycles. The molecule has 0 fully saturated rings. The van der Waals surface area contributed by atoms with Crippen molar-refractivity contribution in [2.24, 2.45) is 0 Å². The standard InChI is InChI=1S/C18H21ClN2O4/c1-11-5-6-13(7-16(11)19)20-17(22)10-21(3)9-14-8-15(12(2)25-14)18(23)24-4/h5-8H,9-10H2,1-4H3,(H,20,22). The summed E-state index contributed by atoms with van der Waals surface area (Å²) in [5.74, 6) is 0.476. The third-order valence-electron chi connectivity index (χ3n) is 3.67. The Morgan fingerprint density at radius 3 is 2.64 bits per heavy atom. The number of carbonyl (C=O) groups excluding carboxylic acids is 2. The van der Waals surface area contributed by atoms with Crippen molar-refractivity contribution in [1.29, 1.82) is 0 Å². The molecule has 25 heavy (non-hydrogen) atoms. The van der Waals surface area contributed by atoms with Gasteiger partial charge in [-0.1, -0.05) is 17.7 Å². The van der Waals surface area contributed by atoms with Crippen molar-refractivity contribution in [3.63, 3.8) is 0 Å². The summed E-state index contributed by atoms with van der Waals surface area (Å²) in [5, 5.41) is 3.41. The van der Waals surface area contributed by atoms with Gasteiger partial charge in [0.25, 0.3) is 0 Å². The fourth-order valence-electron chi connectivity index (χ4n) is 2.37. The van der Waals surface area contributed by atoms with Gasteiger partial charge in [0.1, 0.15) is 17.1 Å². The molecule has 0 radical (unpaired) electrons. The van der Waals surface area contributed by atoms with Gasteiger partial charge in [0, 0.05) is 10.7 Å². The molecule has 0 spiro atoms. The molecule has 7 heteroatoms. The van der Waals surface area contributed by atoms with Crippen LogP contribution >= 0.6 is 11.6 Å². The molecule has 1 aromatic heterocycles. The van der Waals surface area contributed by atoms with Crippen LogP contribution in [-0.4, -0.2) is 37.5 Å². The summed E-state index contributed by atoms with van der Waals surface area (Å²) >= 11 is 6.05. The van der Waals surface area contributed by atoms with E-state index in [9.17, 15) is 9.59 Å². The lowest BCUT2D eigenvalue weighted by Gasteiger charge is -2.15. The first-order chi connectivity index (χ1) is 11.8. The van der Waals surface area contributed by atoms with Crippen molar-refractivity contribution >= 4 is 29.2 Å². The summed E-state index contributed by atoms with van der Waals surface area (Å²) in [6.45, 7) is 4.15. The zero-order chi connectivity index (χ0) is 18.6. The number of anilines is 1. The number of aryl methyl sites for hydroxylation is 2. The number of nitrogens with zero attached hydrogens (tertiary/aromatic N) is 1. The van der Waals surface area contributed by atoms with E-state index in [0.29, 0.717) is 34.3 Å². The van der Waals surface area contributed by atoms with Crippen molar-refractivity contribution in [1.82, 2.24) is 4.90 Å². The number of furan rings is 1. The molecule has 0 aliphatic carbocycles. The number of amides is 1. The zero-order valence-corrected chi connectivity index (χ0v) is 15.4. The quantitative estimate of drug-likeness (QED) is 0.795. The van der Waals surface area contributed by atoms with Crippen LogP contribution in [0.3, 0.4) is 0 Å². The van der Waals surface area contributed by atoms with Crippen LogP contribution in [0, 0.1) is 13.8 Å². The monoisotopic (exact) mass is 364 g/mol. The summed E-state index contributed by atoms with van der Waals surface area (Å²) in [5.41, 5.74) is 1.99. The van der Waals surface area contributed by atoms with Crippen LogP contribution in [0.2, 0.25) is 5.02 Å². The zero-order valence-electron chi connectivity index (χ0n) is 14.7. The Morgan fingerprint density at radius 2 is 2.00 bits per heavy atom. The number of carbonyl (C=O) groups is 2. The number of esters is 1. The molecular weight excluding hydrogens is 344 g/mol. The first-order valence-electron chi connectivity index (χ1n) is 7.72.